The fraction of sp³-hybridized carbons (Fsp3) is 0.0400. The molecule has 0 bridgehead atoms. The predicted molar refractivity (Wildman–Crippen MR) is 145 cm³/mol. The Morgan fingerprint density at radius 2 is 1.66 bits per heavy atom. The molecule has 194 valence electrons. The lowest BCUT2D eigenvalue weighted by Gasteiger charge is -2.17. The van der Waals surface area contributed by atoms with E-state index in [2.05, 4.69) is 10.6 Å². The van der Waals surface area contributed by atoms with Crippen LogP contribution in [0.3, 0.4) is 0 Å². The molecule has 1 aliphatic rings. The second-order valence-corrected chi connectivity index (χ2v) is 9.36. The van der Waals surface area contributed by atoms with Crippen molar-refractivity contribution in [1.29, 1.82) is 0 Å². The van der Waals surface area contributed by atoms with Crippen LogP contribution < -0.4 is 20.3 Å². The Balaban J connectivity index is 1.56. The van der Waals surface area contributed by atoms with Gasteiger partial charge in [0, 0.05) is 22.3 Å². The highest BCUT2D eigenvalue weighted by Gasteiger charge is 2.40. The van der Waals surface area contributed by atoms with Crippen LogP contribution in [0.25, 0.3) is 0 Å². The summed E-state index contributed by atoms with van der Waals surface area (Å²) in [4.78, 5) is 50.9. The number of carboxylic acid groups (broad SMARTS) is 1. The first-order valence-corrected chi connectivity index (χ1v) is 12.1. The topological polar surface area (TPSA) is 125 Å². The third-order valence-corrected chi connectivity index (χ3v) is 6.54. The van der Waals surface area contributed by atoms with Crippen LogP contribution in [0.1, 0.15) is 20.7 Å². The lowest BCUT2D eigenvalue weighted by Crippen LogP contribution is -2.32. The molecule has 3 aromatic carbocycles. The minimum atomic E-state index is -1.25. The molecule has 3 amide bonds. The highest BCUT2D eigenvalue weighted by Crippen LogP contribution is 2.36. The summed E-state index contributed by atoms with van der Waals surface area (Å²) in [5, 5.41) is 14.7. The average molecular weight is 595 g/mol. The number of hydrogen-bond acceptors (Lipinski definition) is 6. The second-order valence-electron chi connectivity index (χ2n) is 7.73. The molecule has 0 unspecified atom stereocenters. The lowest BCUT2D eigenvalue weighted by atomic mass is 10.1. The van der Waals surface area contributed by atoms with Crippen molar-refractivity contribution in [2.24, 2.45) is 0 Å². The number of methoxy groups -OCH3 is 1. The van der Waals surface area contributed by atoms with Crippen LogP contribution in [-0.2, 0) is 9.59 Å². The molecule has 1 heterocycles. The Labute approximate surface area is 235 Å². The number of hydrogen-bond donors (Lipinski definition) is 3. The minimum absolute atomic E-state index is 0.00366. The summed E-state index contributed by atoms with van der Waals surface area (Å²) < 4.78 is 5.07. The number of halogens is 4. The smallest absolute Gasteiger partial charge is 0.339 e. The summed E-state index contributed by atoms with van der Waals surface area (Å²) >= 11 is 24.4. The SMILES string of the molecule is COc1cc(NC(=O)c2cccc(NC3=C(Cl)C(=O)N(c4ccc(Cl)cc4Cl)C3=O)c2)c(Cl)cc1C(=O)O. The first-order valence-electron chi connectivity index (χ1n) is 10.5. The Morgan fingerprint density at radius 3 is 2.32 bits per heavy atom. The number of aromatic carboxylic acids is 1. The van der Waals surface area contributed by atoms with E-state index in [1.54, 1.807) is 6.07 Å². The van der Waals surface area contributed by atoms with Gasteiger partial charge < -0.3 is 20.5 Å². The molecule has 0 atom stereocenters. The van der Waals surface area contributed by atoms with Gasteiger partial charge >= 0.3 is 5.97 Å². The number of carboxylic acids is 1. The quantitative estimate of drug-likeness (QED) is 0.285. The summed E-state index contributed by atoms with van der Waals surface area (Å²) in [6, 6.07) is 12.7. The molecule has 0 aromatic heterocycles. The monoisotopic (exact) mass is 593 g/mol. The van der Waals surface area contributed by atoms with E-state index >= 15 is 0 Å². The Hall–Kier alpha value is -3.76. The van der Waals surface area contributed by atoms with Crippen LogP contribution in [0, 0.1) is 0 Å². The third-order valence-electron chi connectivity index (χ3n) is 5.34. The number of amides is 3. The van der Waals surface area contributed by atoms with Gasteiger partial charge in [-0.1, -0.05) is 52.5 Å². The number of anilines is 3. The van der Waals surface area contributed by atoms with E-state index in [1.807, 2.05) is 0 Å². The fourth-order valence-electron chi connectivity index (χ4n) is 3.55. The van der Waals surface area contributed by atoms with Crippen LogP contribution >= 0.6 is 46.4 Å². The number of carbonyl (C=O) groups is 4. The number of benzene rings is 3. The number of carbonyl (C=O) groups excluding carboxylic acids is 3. The standard InChI is InChI=1S/C25H15Cl4N3O6/c1-38-19-10-17(15(27)9-14(19)25(36)37)31-22(33)11-3-2-4-13(7-11)30-21-20(29)23(34)32(24(21)35)18-6-5-12(26)8-16(18)28/h2-10,30H,1H3,(H,31,33)(H,36,37). The Morgan fingerprint density at radius 1 is 0.921 bits per heavy atom. The molecule has 0 fully saturated rings. The predicted octanol–water partition coefficient (Wildman–Crippen LogP) is 6.04. The maximum absolute atomic E-state index is 13.1. The summed E-state index contributed by atoms with van der Waals surface area (Å²) in [6.07, 6.45) is 0. The van der Waals surface area contributed by atoms with Crippen LogP contribution in [0.15, 0.2) is 65.3 Å². The molecule has 3 N–H and O–H groups in total. The third kappa shape index (κ3) is 5.27. The zero-order valence-electron chi connectivity index (χ0n) is 19.1. The average Bonchev–Trinajstić information content (AvgIpc) is 3.08. The molecule has 38 heavy (non-hydrogen) atoms. The number of nitrogens with zero attached hydrogens (tertiary/aromatic N) is 1. The van der Waals surface area contributed by atoms with Crippen LogP contribution in [0.5, 0.6) is 5.75 Å². The van der Waals surface area contributed by atoms with Crippen molar-refractivity contribution >= 4 is 87.2 Å². The molecular weight excluding hydrogens is 580 g/mol. The van der Waals surface area contributed by atoms with Crippen molar-refractivity contribution in [2.45, 2.75) is 0 Å². The normalized spacial score (nSPS) is 13.1. The molecule has 0 spiro atoms. The molecular formula is C25H15Cl4N3O6. The summed E-state index contributed by atoms with van der Waals surface area (Å²) in [6.45, 7) is 0. The van der Waals surface area contributed by atoms with E-state index in [0.717, 1.165) is 11.0 Å². The van der Waals surface area contributed by atoms with Gasteiger partial charge in [-0.2, -0.15) is 0 Å². The van der Waals surface area contributed by atoms with E-state index in [9.17, 15) is 24.3 Å². The van der Waals surface area contributed by atoms with Gasteiger partial charge in [-0.15, -0.1) is 0 Å². The fourth-order valence-corrected chi connectivity index (χ4v) is 4.47. The van der Waals surface area contributed by atoms with E-state index in [1.165, 1.54) is 49.6 Å². The van der Waals surface area contributed by atoms with Crippen LogP contribution in [0.2, 0.25) is 15.1 Å². The van der Waals surface area contributed by atoms with Crippen molar-refractivity contribution in [1.82, 2.24) is 0 Å². The maximum atomic E-state index is 13.1. The first-order chi connectivity index (χ1) is 18.0. The summed E-state index contributed by atoms with van der Waals surface area (Å²) in [7, 11) is 1.29. The van der Waals surface area contributed by atoms with Gasteiger partial charge in [0.25, 0.3) is 17.7 Å². The molecule has 9 nitrogen and oxygen atoms in total. The van der Waals surface area contributed by atoms with E-state index in [-0.39, 0.29) is 54.7 Å². The van der Waals surface area contributed by atoms with Gasteiger partial charge in [0.05, 0.1) is 28.5 Å². The highest BCUT2D eigenvalue weighted by atomic mass is 35.5. The number of ether oxygens (including phenoxy) is 1. The van der Waals surface area contributed by atoms with Gasteiger partial charge in [0.2, 0.25) is 0 Å². The van der Waals surface area contributed by atoms with Gasteiger partial charge in [-0.25, -0.2) is 9.69 Å². The van der Waals surface area contributed by atoms with Gasteiger partial charge in [-0.05, 0) is 42.5 Å². The van der Waals surface area contributed by atoms with Crippen LogP contribution in [0.4, 0.5) is 17.1 Å². The Bertz CT molecular complexity index is 1560. The van der Waals surface area contributed by atoms with Crippen molar-refractivity contribution in [2.75, 3.05) is 22.6 Å². The molecule has 1 aliphatic heterocycles. The summed E-state index contributed by atoms with van der Waals surface area (Å²) in [5.74, 6) is -3.37. The number of imide groups is 1. The lowest BCUT2D eigenvalue weighted by molar-refractivity contribution is -0.120. The molecule has 0 saturated heterocycles. The van der Waals surface area contributed by atoms with Crippen molar-refractivity contribution in [3.05, 3.63) is 91.5 Å². The summed E-state index contributed by atoms with van der Waals surface area (Å²) in [5.41, 5.74) is 0.276. The van der Waals surface area contributed by atoms with Crippen molar-refractivity contribution < 1.29 is 29.0 Å². The maximum Gasteiger partial charge on any atom is 0.339 e. The van der Waals surface area contributed by atoms with Gasteiger partial charge in [-0.3, -0.25) is 14.4 Å². The van der Waals surface area contributed by atoms with Gasteiger partial charge in [0.1, 0.15) is 22.0 Å². The Kier molecular flexibility index (Phi) is 7.84. The molecule has 3 aromatic rings. The minimum Gasteiger partial charge on any atom is -0.496 e. The largest absolute Gasteiger partial charge is 0.496 e. The number of rotatable bonds is 7. The zero-order valence-corrected chi connectivity index (χ0v) is 22.2. The molecule has 4 rings (SSSR count). The molecule has 0 aliphatic carbocycles. The van der Waals surface area contributed by atoms with Gasteiger partial charge in [0.15, 0.2) is 0 Å². The van der Waals surface area contributed by atoms with E-state index in [4.69, 9.17) is 51.1 Å². The second kappa shape index (κ2) is 10.9. The molecule has 0 saturated carbocycles. The van der Waals surface area contributed by atoms with Crippen LogP contribution in [-0.4, -0.2) is 35.9 Å². The first kappa shape index (κ1) is 27.3. The highest BCUT2D eigenvalue weighted by molar-refractivity contribution is 6.54. The van der Waals surface area contributed by atoms with Crippen molar-refractivity contribution in [3.8, 4) is 5.75 Å². The number of nitrogens with one attached hydrogen (secondary N) is 2. The zero-order chi connectivity index (χ0) is 27.7. The molecule has 13 heteroatoms. The molecule has 0 radical (unpaired) electrons. The van der Waals surface area contributed by atoms with E-state index < -0.39 is 23.7 Å². The van der Waals surface area contributed by atoms with Crippen molar-refractivity contribution in [3.63, 3.8) is 0 Å². The van der Waals surface area contributed by atoms with E-state index in [0.29, 0.717) is 5.02 Å².